The summed E-state index contributed by atoms with van der Waals surface area (Å²) in [7, 11) is 1.31. The van der Waals surface area contributed by atoms with Crippen molar-refractivity contribution in [1.29, 1.82) is 0 Å². The highest BCUT2D eigenvalue weighted by molar-refractivity contribution is 6.02. The summed E-state index contributed by atoms with van der Waals surface area (Å²) >= 11 is 0. The summed E-state index contributed by atoms with van der Waals surface area (Å²) in [5.41, 5.74) is 4.52. The van der Waals surface area contributed by atoms with Gasteiger partial charge in [0.1, 0.15) is 5.75 Å². The molecular weight excluding hydrogens is 414 g/mol. The van der Waals surface area contributed by atoms with Gasteiger partial charge in [0, 0.05) is 0 Å². The average Bonchev–Trinajstić information content (AvgIpc) is 2.88. The first kappa shape index (κ1) is 21.8. The Morgan fingerprint density at radius 2 is 1.30 bits per heavy atom. The molecule has 5 nitrogen and oxygen atoms in total. The van der Waals surface area contributed by atoms with Crippen LogP contribution in [-0.4, -0.2) is 25.6 Å². The van der Waals surface area contributed by atoms with Gasteiger partial charge in [0.25, 0.3) is 5.91 Å². The van der Waals surface area contributed by atoms with E-state index in [4.69, 9.17) is 9.47 Å². The van der Waals surface area contributed by atoms with Crippen LogP contribution in [-0.2, 0) is 9.53 Å². The number of benzene rings is 4. The van der Waals surface area contributed by atoms with Gasteiger partial charge in [0.2, 0.25) is 0 Å². The summed E-state index contributed by atoms with van der Waals surface area (Å²) in [5, 5.41) is 2.76. The fraction of sp³-hybridized carbons (Fsp3) is 0.0714. The fourth-order valence-corrected chi connectivity index (χ4v) is 3.47. The van der Waals surface area contributed by atoms with Crippen molar-refractivity contribution in [1.82, 2.24) is 0 Å². The molecule has 0 fully saturated rings. The Labute approximate surface area is 192 Å². The third-order valence-electron chi connectivity index (χ3n) is 5.12. The molecule has 4 aromatic carbocycles. The number of esters is 1. The highest BCUT2D eigenvalue weighted by Crippen LogP contribution is 2.26. The van der Waals surface area contributed by atoms with Crippen LogP contribution in [0.1, 0.15) is 10.4 Å². The number of nitrogens with one attached hydrogen (secondary N) is 1. The molecule has 0 saturated carbocycles. The molecule has 0 bridgehead atoms. The Balaban J connectivity index is 1.47. The molecule has 4 aromatic rings. The highest BCUT2D eigenvalue weighted by atomic mass is 16.5. The van der Waals surface area contributed by atoms with E-state index in [9.17, 15) is 9.59 Å². The summed E-state index contributed by atoms with van der Waals surface area (Å²) < 4.78 is 10.6. The maximum atomic E-state index is 12.6. The van der Waals surface area contributed by atoms with Gasteiger partial charge >= 0.3 is 5.97 Å². The van der Waals surface area contributed by atoms with Crippen molar-refractivity contribution in [2.75, 3.05) is 19.0 Å². The molecule has 5 heteroatoms. The lowest BCUT2D eigenvalue weighted by atomic mass is 10.0. The largest absolute Gasteiger partial charge is 0.484 e. The number of hydrogen-bond donors (Lipinski definition) is 1. The normalized spacial score (nSPS) is 10.3. The van der Waals surface area contributed by atoms with Crippen molar-refractivity contribution in [3.63, 3.8) is 0 Å². The summed E-state index contributed by atoms with van der Waals surface area (Å²) in [5.74, 6) is -0.323. The molecule has 0 radical (unpaired) electrons. The second-order valence-electron chi connectivity index (χ2n) is 7.35. The van der Waals surface area contributed by atoms with Gasteiger partial charge in [-0.1, -0.05) is 78.9 Å². The smallest absolute Gasteiger partial charge is 0.339 e. The lowest BCUT2D eigenvalue weighted by Crippen LogP contribution is -2.21. The van der Waals surface area contributed by atoms with Gasteiger partial charge in [-0.2, -0.15) is 0 Å². The van der Waals surface area contributed by atoms with E-state index < -0.39 is 5.97 Å². The maximum absolute atomic E-state index is 12.6. The molecule has 0 aromatic heterocycles. The minimum atomic E-state index is -0.528. The van der Waals surface area contributed by atoms with Gasteiger partial charge in [-0.3, -0.25) is 4.79 Å². The SMILES string of the molecule is COC(=O)c1cc(-c2ccccc2)ccc1NC(=O)COc1cccc(-c2ccccc2)c1. The van der Waals surface area contributed by atoms with E-state index in [1.54, 1.807) is 18.2 Å². The molecule has 33 heavy (non-hydrogen) atoms. The topological polar surface area (TPSA) is 64.6 Å². The van der Waals surface area contributed by atoms with Gasteiger partial charge in [-0.05, 0) is 46.5 Å². The first-order chi connectivity index (χ1) is 16.1. The van der Waals surface area contributed by atoms with Crippen LogP contribution in [0.5, 0.6) is 5.75 Å². The molecule has 0 atom stereocenters. The number of rotatable bonds is 7. The van der Waals surface area contributed by atoms with Crippen LogP contribution >= 0.6 is 0 Å². The maximum Gasteiger partial charge on any atom is 0.339 e. The van der Waals surface area contributed by atoms with Gasteiger partial charge in [-0.15, -0.1) is 0 Å². The van der Waals surface area contributed by atoms with Crippen LogP contribution in [0.2, 0.25) is 0 Å². The van der Waals surface area contributed by atoms with Crippen molar-refractivity contribution in [3.05, 3.63) is 109 Å². The Bertz CT molecular complexity index is 1250. The van der Waals surface area contributed by atoms with Crippen LogP contribution in [0, 0.1) is 0 Å². The Morgan fingerprint density at radius 3 is 1.94 bits per heavy atom. The van der Waals surface area contributed by atoms with E-state index in [-0.39, 0.29) is 18.1 Å². The molecule has 164 valence electrons. The Morgan fingerprint density at radius 1 is 0.697 bits per heavy atom. The molecule has 0 heterocycles. The standard InChI is InChI=1S/C28H23NO4/c1-32-28(31)25-18-23(21-11-6-3-7-12-21)15-16-26(25)29-27(30)19-33-24-14-8-13-22(17-24)20-9-4-2-5-10-20/h2-18H,19H2,1H3,(H,29,30). The molecule has 0 unspecified atom stereocenters. The van der Waals surface area contributed by atoms with Crippen LogP contribution in [0.15, 0.2) is 103 Å². The first-order valence-corrected chi connectivity index (χ1v) is 10.5. The molecule has 0 aliphatic rings. The number of carbonyl (C=O) groups is 2. The van der Waals surface area contributed by atoms with Crippen LogP contribution in [0.3, 0.4) is 0 Å². The quantitative estimate of drug-likeness (QED) is 0.370. The van der Waals surface area contributed by atoms with E-state index in [0.29, 0.717) is 11.4 Å². The average molecular weight is 437 g/mol. The minimum absolute atomic E-state index is 0.195. The van der Waals surface area contributed by atoms with Gasteiger partial charge in [0.15, 0.2) is 6.61 Å². The second kappa shape index (κ2) is 10.3. The Kier molecular flexibility index (Phi) is 6.81. The van der Waals surface area contributed by atoms with Crippen LogP contribution < -0.4 is 10.1 Å². The molecule has 0 saturated heterocycles. The zero-order valence-corrected chi connectivity index (χ0v) is 18.2. The predicted octanol–water partition coefficient (Wildman–Crippen LogP) is 5.82. The van der Waals surface area contributed by atoms with Gasteiger partial charge < -0.3 is 14.8 Å². The third kappa shape index (κ3) is 5.46. The summed E-state index contributed by atoms with van der Waals surface area (Å²) in [6, 6.07) is 32.4. The lowest BCUT2D eigenvalue weighted by molar-refractivity contribution is -0.118. The number of methoxy groups -OCH3 is 1. The minimum Gasteiger partial charge on any atom is -0.484 e. The fourth-order valence-electron chi connectivity index (χ4n) is 3.47. The first-order valence-electron chi connectivity index (χ1n) is 10.5. The summed E-state index contributed by atoms with van der Waals surface area (Å²) in [6.07, 6.45) is 0. The lowest BCUT2D eigenvalue weighted by Gasteiger charge is -2.13. The zero-order valence-electron chi connectivity index (χ0n) is 18.2. The summed E-state index contributed by atoms with van der Waals surface area (Å²) in [4.78, 5) is 24.9. The van der Waals surface area contributed by atoms with Crippen molar-refractivity contribution < 1.29 is 19.1 Å². The molecule has 0 aliphatic heterocycles. The van der Waals surface area contributed by atoms with Crippen molar-refractivity contribution in [2.45, 2.75) is 0 Å². The van der Waals surface area contributed by atoms with E-state index in [0.717, 1.165) is 22.3 Å². The molecule has 4 rings (SSSR count). The highest BCUT2D eigenvalue weighted by Gasteiger charge is 2.16. The molecule has 1 N–H and O–H groups in total. The second-order valence-corrected chi connectivity index (χ2v) is 7.35. The number of hydrogen-bond acceptors (Lipinski definition) is 4. The van der Waals surface area contributed by atoms with E-state index in [1.165, 1.54) is 7.11 Å². The molecule has 1 amide bonds. The third-order valence-corrected chi connectivity index (χ3v) is 5.12. The van der Waals surface area contributed by atoms with Crippen LogP contribution in [0.4, 0.5) is 5.69 Å². The molecular formula is C28H23NO4. The number of anilines is 1. The monoisotopic (exact) mass is 437 g/mol. The summed E-state index contributed by atoms with van der Waals surface area (Å²) in [6.45, 7) is -0.195. The van der Waals surface area contributed by atoms with E-state index in [2.05, 4.69) is 5.32 Å². The molecule has 0 spiro atoms. The predicted molar refractivity (Wildman–Crippen MR) is 129 cm³/mol. The Hall–Kier alpha value is -4.38. The van der Waals surface area contributed by atoms with Gasteiger partial charge in [-0.25, -0.2) is 4.79 Å². The number of ether oxygens (including phenoxy) is 2. The van der Waals surface area contributed by atoms with E-state index in [1.807, 2.05) is 84.9 Å². The van der Waals surface area contributed by atoms with E-state index >= 15 is 0 Å². The number of carbonyl (C=O) groups excluding carboxylic acids is 2. The van der Waals surface area contributed by atoms with Crippen molar-refractivity contribution >= 4 is 17.6 Å². The van der Waals surface area contributed by atoms with Crippen LogP contribution in [0.25, 0.3) is 22.3 Å². The number of amides is 1. The zero-order chi connectivity index (χ0) is 23.0. The van der Waals surface area contributed by atoms with Crippen molar-refractivity contribution in [2.24, 2.45) is 0 Å². The molecule has 0 aliphatic carbocycles. The van der Waals surface area contributed by atoms with Crippen molar-refractivity contribution in [3.8, 4) is 28.0 Å². The van der Waals surface area contributed by atoms with Gasteiger partial charge in [0.05, 0.1) is 18.4 Å².